The van der Waals surface area contributed by atoms with Crippen molar-refractivity contribution in [1.82, 2.24) is 4.72 Å². The number of rotatable bonds is 4. The summed E-state index contributed by atoms with van der Waals surface area (Å²) < 4.78 is 39.8. The van der Waals surface area contributed by atoms with Crippen molar-refractivity contribution in [3.63, 3.8) is 0 Å². The highest BCUT2D eigenvalue weighted by molar-refractivity contribution is 7.90. The molecular weight excluding hydrogens is 369 g/mol. The number of amides is 1. The van der Waals surface area contributed by atoms with Crippen LogP contribution in [0, 0.1) is 5.82 Å². The highest BCUT2D eigenvalue weighted by Crippen LogP contribution is 2.22. The molecule has 0 bridgehead atoms. The number of sulfonamides is 1. The molecule has 1 aliphatic heterocycles. The number of amidine groups is 1. The molecule has 0 aliphatic carbocycles. The molecule has 0 fully saturated rings. The third-order valence-corrected chi connectivity index (χ3v) is 5.11. The van der Waals surface area contributed by atoms with Gasteiger partial charge in [-0.1, -0.05) is 23.7 Å². The lowest BCUT2D eigenvalue weighted by Gasteiger charge is -2.06. The molecule has 0 unspecified atom stereocenters. The monoisotopic (exact) mass is 381 g/mol. The predicted molar refractivity (Wildman–Crippen MR) is 92.8 cm³/mol. The maximum absolute atomic E-state index is 13.6. The molecule has 0 saturated heterocycles. The molecule has 130 valence electrons. The minimum atomic E-state index is -3.61. The van der Waals surface area contributed by atoms with Crippen LogP contribution in [0.15, 0.2) is 52.4 Å². The number of halogens is 2. The lowest BCUT2D eigenvalue weighted by Crippen LogP contribution is -2.23. The van der Waals surface area contributed by atoms with E-state index in [1.165, 1.54) is 18.2 Å². The van der Waals surface area contributed by atoms with Crippen LogP contribution in [0.1, 0.15) is 12.0 Å². The molecule has 2 aromatic carbocycles. The zero-order valence-electron chi connectivity index (χ0n) is 12.8. The number of hydrogen-bond donors (Lipinski definition) is 2. The van der Waals surface area contributed by atoms with Crippen LogP contribution in [0.2, 0.25) is 5.02 Å². The number of nitrogens with one attached hydrogen (secondary N) is 2. The first-order valence-corrected chi connectivity index (χ1v) is 9.14. The number of nitrogens with zero attached hydrogens (tertiary/aromatic N) is 1. The van der Waals surface area contributed by atoms with Gasteiger partial charge in [0.1, 0.15) is 11.7 Å². The Morgan fingerprint density at radius 3 is 2.80 bits per heavy atom. The van der Waals surface area contributed by atoms with Gasteiger partial charge in [0.2, 0.25) is 5.91 Å². The maximum Gasteiger partial charge on any atom is 0.263 e. The van der Waals surface area contributed by atoms with Gasteiger partial charge in [0, 0.05) is 17.0 Å². The number of carbonyl (C=O) groups excluding carboxylic acids is 1. The van der Waals surface area contributed by atoms with Gasteiger partial charge in [-0.3, -0.25) is 14.5 Å². The number of hydrogen-bond acceptors (Lipinski definition) is 4. The van der Waals surface area contributed by atoms with Crippen LogP contribution in [-0.4, -0.2) is 26.7 Å². The Morgan fingerprint density at radius 2 is 2.00 bits per heavy atom. The Hall–Kier alpha value is -2.45. The second kappa shape index (κ2) is 6.81. The quantitative estimate of drug-likeness (QED) is 0.853. The molecule has 0 spiro atoms. The first-order chi connectivity index (χ1) is 11.9. The molecule has 3 rings (SSSR count). The molecule has 9 heteroatoms. The summed E-state index contributed by atoms with van der Waals surface area (Å²) >= 11 is 5.76. The van der Waals surface area contributed by atoms with Crippen molar-refractivity contribution >= 4 is 39.1 Å². The third kappa shape index (κ3) is 3.80. The Bertz CT molecular complexity index is 976. The molecule has 0 atom stereocenters. The van der Waals surface area contributed by atoms with Crippen molar-refractivity contribution in [3.8, 4) is 0 Å². The molecule has 1 amide bonds. The normalized spacial score (nSPS) is 16.3. The van der Waals surface area contributed by atoms with Gasteiger partial charge in [-0.05, 0) is 30.3 Å². The minimum absolute atomic E-state index is 0.0166. The van der Waals surface area contributed by atoms with Crippen molar-refractivity contribution < 1.29 is 17.6 Å². The smallest absolute Gasteiger partial charge is 0.263 e. The van der Waals surface area contributed by atoms with E-state index in [4.69, 9.17) is 11.6 Å². The van der Waals surface area contributed by atoms with E-state index in [2.05, 4.69) is 15.0 Å². The Balaban J connectivity index is 1.66. The molecule has 0 saturated carbocycles. The largest absolute Gasteiger partial charge is 0.323 e. The van der Waals surface area contributed by atoms with Gasteiger partial charge in [0.25, 0.3) is 10.0 Å². The second-order valence-electron chi connectivity index (χ2n) is 5.25. The van der Waals surface area contributed by atoms with Gasteiger partial charge < -0.3 is 5.32 Å². The van der Waals surface area contributed by atoms with E-state index in [0.717, 1.165) is 6.07 Å². The molecule has 1 heterocycles. The van der Waals surface area contributed by atoms with Crippen LogP contribution in [0.25, 0.3) is 0 Å². The van der Waals surface area contributed by atoms with Crippen molar-refractivity contribution in [2.45, 2.75) is 11.3 Å². The summed E-state index contributed by atoms with van der Waals surface area (Å²) in [6.07, 6.45) is -0.0423. The number of anilines is 1. The summed E-state index contributed by atoms with van der Waals surface area (Å²) in [6.45, 7) is 0.0419. The number of carbonyl (C=O) groups is 1. The van der Waals surface area contributed by atoms with Gasteiger partial charge in [-0.25, -0.2) is 12.8 Å². The Kier molecular flexibility index (Phi) is 4.73. The third-order valence-electron chi connectivity index (χ3n) is 3.47. The van der Waals surface area contributed by atoms with Gasteiger partial charge in [0.05, 0.1) is 17.1 Å². The van der Waals surface area contributed by atoms with Gasteiger partial charge in [-0.15, -0.1) is 0 Å². The average Bonchev–Trinajstić information content (AvgIpc) is 2.82. The number of aliphatic imine (C=N–C) groups is 1. The molecule has 0 aromatic heterocycles. The van der Waals surface area contributed by atoms with Crippen molar-refractivity contribution in [2.75, 3.05) is 11.9 Å². The van der Waals surface area contributed by atoms with Crippen LogP contribution < -0.4 is 10.0 Å². The van der Waals surface area contributed by atoms with Gasteiger partial charge in [0.15, 0.2) is 0 Å². The lowest BCUT2D eigenvalue weighted by atomic mass is 10.2. The first-order valence-electron chi connectivity index (χ1n) is 7.28. The summed E-state index contributed by atoms with van der Waals surface area (Å²) in [4.78, 5) is 16.2. The zero-order chi connectivity index (χ0) is 18.0. The molecule has 6 nitrogen and oxygen atoms in total. The topological polar surface area (TPSA) is 87.6 Å². The van der Waals surface area contributed by atoms with E-state index >= 15 is 0 Å². The summed E-state index contributed by atoms with van der Waals surface area (Å²) in [5.41, 5.74) is 0.445. The van der Waals surface area contributed by atoms with Crippen LogP contribution >= 0.6 is 11.6 Å². The lowest BCUT2D eigenvalue weighted by molar-refractivity contribution is -0.116. The van der Waals surface area contributed by atoms with E-state index < -0.39 is 21.7 Å². The van der Waals surface area contributed by atoms with Crippen LogP contribution in [0.4, 0.5) is 10.1 Å². The second-order valence-corrected chi connectivity index (χ2v) is 7.34. The average molecular weight is 382 g/mol. The van der Waals surface area contributed by atoms with Crippen LogP contribution in [-0.2, 0) is 14.8 Å². The van der Waals surface area contributed by atoms with Gasteiger partial charge in [-0.2, -0.15) is 0 Å². The van der Waals surface area contributed by atoms with Crippen LogP contribution in [0.3, 0.4) is 0 Å². The summed E-state index contributed by atoms with van der Waals surface area (Å²) in [6, 6.07) is 10.3. The van der Waals surface area contributed by atoms with E-state index in [-0.39, 0.29) is 29.4 Å². The maximum atomic E-state index is 13.6. The summed E-state index contributed by atoms with van der Waals surface area (Å²) in [5.74, 6) is -0.862. The predicted octanol–water partition coefficient (Wildman–Crippen LogP) is 2.55. The van der Waals surface area contributed by atoms with Crippen LogP contribution in [0.5, 0.6) is 0 Å². The molecule has 25 heavy (non-hydrogen) atoms. The Labute approximate surface area is 148 Å². The number of fused-ring (bicyclic) bond motifs is 1. The first kappa shape index (κ1) is 17.4. The fourth-order valence-corrected chi connectivity index (χ4v) is 3.75. The fraction of sp³-hybridized carbons (Fsp3) is 0.125. The summed E-state index contributed by atoms with van der Waals surface area (Å²) in [7, 11) is -3.61. The van der Waals surface area contributed by atoms with Crippen molar-refractivity contribution in [3.05, 3.63) is 58.9 Å². The fourth-order valence-electron chi connectivity index (χ4n) is 2.33. The highest BCUT2D eigenvalue weighted by atomic mass is 35.5. The highest BCUT2D eigenvalue weighted by Gasteiger charge is 2.29. The van der Waals surface area contributed by atoms with E-state index in [0.29, 0.717) is 10.6 Å². The molecular formula is C16H13ClFN3O3S. The molecule has 2 N–H and O–H groups in total. The van der Waals surface area contributed by atoms with E-state index in [9.17, 15) is 17.6 Å². The van der Waals surface area contributed by atoms with Crippen molar-refractivity contribution in [1.29, 1.82) is 0 Å². The zero-order valence-corrected chi connectivity index (χ0v) is 14.4. The minimum Gasteiger partial charge on any atom is -0.323 e. The van der Waals surface area contributed by atoms with E-state index in [1.807, 2.05) is 0 Å². The van der Waals surface area contributed by atoms with Crippen molar-refractivity contribution in [2.24, 2.45) is 4.99 Å². The number of benzene rings is 2. The SMILES string of the molecule is O=C(CCN=C1NS(=O)(=O)c2ccccc21)Nc1cc(Cl)ccc1F. The Morgan fingerprint density at radius 1 is 1.24 bits per heavy atom. The molecule has 1 aliphatic rings. The standard InChI is InChI=1S/C16H13ClFN3O3S/c17-10-5-6-12(18)13(9-10)20-15(22)7-8-19-16-11-3-1-2-4-14(11)25(23,24)21-16/h1-6,9H,7-8H2,(H,19,21)(H,20,22). The summed E-state index contributed by atoms with van der Waals surface area (Å²) in [5, 5.41) is 2.71. The molecule has 0 radical (unpaired) electrons. The van der Waals surface area contributed by atoms with Gasteiger partial charge >= 0.3 is 0 Å². The molecule has 2 aromatic rings. The van der Waals surface area contributed by atoms with E-state index in [1.54, 1.807) is 18.2 Å².